The van der Waals surface area contributed by atoms with Gasteiger partial charge in [0.1, 0.15) is 18.5 Å². The molecule has 3 rings (SSSR count). The summed E-state index contributed by atoms with van der Waals surface area (Å²) in [6.45, 7) is -0.0722. The molecule has 27 heavy (non-hydrogen) atoms. The van der Waals surface area contributed by atoms with Gasteiger partial charge in [-0.15, -0.1) is 0 Å². The third-order valence-electron chi connectivity index (χ3n) is 4.14. The van der Waals surface area contributed by atoms with E-state index in [1.165, 1.54) is 7.05 Å². The van der Waals surface area contributed by atoms with E-state index in [9.17, 15) is 13.5 Å². The van der Waals surface area contributed by atoms with Crippen LogP contribution in [0.25, 0.3) is 10.8 Å². The van der Waals surface area contributed by atoms with Gasteiger partial charge in [-0.2, -0.15) is 4.31 Å². The summed E-state index contributed by atoms with van der Waals surface area (Å²) >= 11 is 3.35. The van der Waals surface area contributed by atoms with Crippen molar-refractivity contribution < 1.29 is 18.3 Å². The molecule has 0 aliphatic heterocycles. The van der Waals surface area contributed by atoms with E-state index in [0.29, 0.717) is 5.75 Å². The summed E-state index contributed by atoms with van der Waals surface area (Å²) in [5.41, 5.74) is 0. The molecule has 0 aliphatic carbocycles. The Morgan fingerprint density at radius 1 is 1.04 bits per heavy atom. The van der Waals surface area contributed by atoms with Crippen molar-refractivity contribution >= 4 is 36.7 Å². The number of nitrogens with zero attached hydrogens (tertiary/aromatic N) is 1. The third kappa shape index (κ3) is 4.87. The topological polar surface area (TPSA) is 66.8 Å². The number of benzene rings is 3. The fourth-order valence-electron chi connectivity index (χ4n) is 2.70. The monoisotopic (exact) mass is 449 g/mol. The maximum absolute atomic E-state index is 12.8. The van der Waals surface area contributed by atoms with Crippen molar-refractivity contribution in [3.63, 3.8) is 0 Å². The Morgan fingerprint density at radius 3 is 2.52 bits per heavy atom. The second-order valence-electron chi connectivity index (χ2n) is 6.22. The van der Waals surface area contributed by atoms with Crippen LogP contribution < -0.4 is 4.74 Å². The first-order chi connectivity index (χ1) is 12.9. The van der Waals surface area contributed by atoms with Gasteiger partial charge in [-0.1, -0.05) is 52.3 Å². The molecule has 0 amide bonds. The molecule has 0 heterocycles. The number of rotatable bonds is 7. The summed E-state index contributed by atoms with van der Waals surface area (Å²) in [6, 6.07) is 19.8. The molecule has 3 aromatic carbocycles. The Kier molecular flexibility index (Phi) is 6.16. The number of sulfonamides is 1. The van der Waals surface area contributed by atoms with E-state index in [2.05, 4.69) is 15.9 Å². The van der Waals surface area contributed by atoms with Crippen molar-refractivity contribution in [1.29, 1.82) is 0 Å². The minimum Gasteiger partial charge on any atom is -0.491 e. The van der Waals surface area contributed by atoms with Gasteiger partial charge in [0.25, 0.3) is 0 Å². The van der Waals surface area contributed by atoms with Gasteiger partial charge in [0.15, 0.2) is 0 Å². The number of aliphatic hydroxyl groups is 1. The van der Waals surface area contributed by atoms with E-state index < -0.39 is 16.1 Å². The standard InChI is InChI=1S/C20H20BrNO4S/c1-22(13-18(23)14-26-19-8-4-7-17(21)12-19)27(24,25)20-10-9-15-5-2-3-6-16(15)11-20/h2-12,18,23H,13-14H2,1H3/t18-/m0/s1. The van der Waals surface area contributed by atoms with Gasteiger partial charge in [-0.05, 0) is 41.1 Å². The Balaban J connectivity index is 1.66. The zero-order chi connectivity index (χ0) is 19.4. The molecule has 0 aliphatic rings. The number of hydrogen-bond acceptors (Lipinski definition) is 4. The third-order valence-corrected chi connectivity index (χ3v) is 6.45. The van der Waals surface area contributed by atoms with Crippen molar-refractivity contribution in [2.75, 3.05) is 20.2 Å². The molecule has 1 N–H and O–H groups in total. The molecule has 1 atom stereocenters. The second-order valence-corrected chi connectivity index (χ2v) is 9.18. The van der Waals surface area contributed by atoms with Gasteiger partial charge in [-0.3, -0.25) is 0 Å². The minimum absolute atomic E-state index is 0.00592. The molecular weight excluding hydrogens is 430 g/mol. The number of halogens is 1. The van der Waals surface area contributed by atoms with Crippen LogP contribution in [0.5, 0.6) is 5.75 Å². The van der Waals surface area contributed by atoms with E-state index in [-0.39, 0.29) is 18.0 Å². The van der Waals surface area contributed by atoms with Gasteiger partial charge in [-0.25, -0.2) is 8.42 Å². The molecule has 0 saturated carbocycles. The van der Waals surface area contributed by atoms with Crippen LogP contribution in [-0.4, -0.2) is 44.1 Å². The average molecular weight is 450 g/mol. The highest BCUT2D eigenvalue weighted by Gasteiger charge is 2.23. The Morgan fingerprint density at radius 2 is 1.78 bits per heavy atom. The van der Waals surface area contributed by atoms with E-state index >= 15 is 0 Å². The summed E-state index contributed by atoms with van der Waals surface area (Å²) in [5.74, 6) is 0.600. The number of likely N-dealkylation sites (N-methyl/N-ethyl adjacent to an activating group) is 1. The zero-order valence-corrected chi connectivity index (χ0v) is 17.2. The zero-order valence-electron chi connectivity index (χ0n) is 14.7. The minimum atomic E-state index is -3.70. The van der Waals surface area contributed by atoms with Gasteiger partial charge in [0, 0.05) is 18.1 Å². The van der Waals surface area contributed by atoms with Gasteiger partial charge in [0.2, 0.25) is 10.0 Å². The highest BCUT2D eigenvalue weighted by atomic mass is 79.9. The quantitative estimate of drug-likeness (QED) is 0.597. The highest BCUT2D eigenvalue weighted by molar-refractivity contribution is 9.10. The van der Waals surface area contributed by atoms with Crippen LogP contribution in [0.15, 0.2) is 76.1 Å². The number of hydrogen-bond donors (Lipinski definition) is 1. The predicted octanol–water partition coefficient (Wildman–Crippen LogP) is 3.66. The molecule has 7 heteroatoms. The van der Waals surface area contributed by atoms with Crippen LogP contribution in [-0.2, 0) is 10.0 Å². The summed E-state index contributed by atoms with van der Waals surface area (Å²) in [5, 5.41) is 12.0. The van der Waals surface area contributed by atoms with Crippen LogP contribution >= 0.6 is 15.9 Å². The van der Waals surface area contributed by atoms with Crippen LogP contribution in [0.4, 0.5) is 0 Å². The number of ether oxygens (including phenoxy) is 1. The lowest BCUT2D eigenvalue weighted by atomic mass is 10.1. The SMILES string of the molecule is CN(C[C@H](O)COc1cccc(Br)c1)S(=O)(=O)c1ccc2ccccc2c1. The Labute approximate surface area is 167 Å². The number of fused-ring (bicyclic) bond motifs is 1. The van der Waals surface area contributed by atoms with Crippen molar-refractivity contribution in [3.05, 3.63) is 71.2 Å². The smallest absolute Gasteiger partial charge is 0.242 e. The molecule has 0 fully saturated rings. The first-order valence-electron chi connectivity index (χ1n) is 8.38. The summed E-state index contributed by atoms with van der Waals surface area (Å²) in [6.07, 6.45) is -0.954. The van der Waals surface area contributed by atoms with Crippen molar-refractivity contribution in [2.24, 2.45) is 0 Å². The fourth-order valence-corrected chi connectivity index (χ4v) is 4.33. The molecular formula is C20H20BrNO4S. The molecule has 142 valence electrons. The second kappa shape index (κ2) is 8.39. The van der Waals surface area contributed by atoms with E-state index in [4.69, 9.17) is 4.74 Å². The maximum atomic E-state index is 12.8. The lowest BCUT2D eigenvalue weighted by molar-refractivity contribution is 0.0935. The average Bonchev–Trinajstić information content (AvgIpc) is 2.66. The van der Waals surface area contributed by atoms with E-state index in [1.54, 1.807) is 30.3 Å². The highest BCUT2D eigenvalue weighted by Crippen LogP contribution is 2.22. The van der Waals surface area contributed by atoms with Crippen LogP contribution in [0, 0.1) is 0 Å². The first kappa shape index (κ1) is 19.8. The van der Waals surface area contributed by atoms with Crippen molar-refractivity contribution in [2.45, 2.75) is 11.0 Å². The van der Waals surface area contributed by atoms with Crippen LogP contribution in [0.3, 0.4) is 0 Å². The van der Waals surface area contributed by atoms with Gasteiger partial charge < -0.3 is 9.84 Å². The summed E-state index contributed by atoms with van der Waals surface area (Å²) < 4.78 is 33.1. The molecule has 0 aromatic heterocycles. The summed E-state index contributed by atoms with van der Waals surface area (Å²) in [4.78, 5) is 0.198. The normalized spacial score (nSPS) is 13.0. The summed E-state index contributed by atoms with van der Waals surface area (Å²) in [7, 11) is -2.25. The van der Waals surface area contributed by atoms with Crippen LogP contribution in [0.1, 0.15) is 0 Å². The van der Waals surface area contributed by atoms with E-state index in [0.717, 1.165) is 19.6 Å². The van der Waals surface area contributed by atoms with Gasteiger partial charge in [0.05, 0.1) is 4.90 Å². The molecule has 5 nitrogen and oxygen atoms in total. The van der Waals surface area contributed by atoms with Crippen molar-refractivity contribution in [1.82, 2.24) is 4.31 Å². The molecule has 3 aromatic rings. The van der Waals surface area contributed by atoms with Gasteiger partial charge >= 0.3 is 0 Å². The molecule has 0 radical (unpaired) electrons. The lowest BCUT2D eigenvalue weighted by Crippen LogP contribution is -2.37. The molecule has 0 spiro atoms. The number of aliphatic hydroxyl groups excluding tert-OH is 1. The maximum Gasteiger partial charge on any atom is 0.242 e. The molecule has 0 saturated heterocycles. The molecule has 0 bridgehead atoms. The Hall–Kier alpha value is -1.93. The van der Waals surface area contributed by atoms with Crippen molar-refractivity contribution in [3.8, 4) is 5.75 Å². The first-order valence-corrected chi connectivity index (χ1v) is 10.6. The van der Waals surface area contributed by atoms with E-state index in [1.807, 2.05) is 36.4 Å². The lowest BCUT2D eigenvalue weighted by Gasteiger charge is -2.21. The Bertz CT molecular complexity index is 1040. The largest absolute Gasteiger partial charge is 0.491 e. The molecule has 0 unspecified atom stereocenters. The predicted molar refractivity (Wildman–Crippen MR) is 109 cm³/mol. The fraction of sp³-hybridized carbons (Fsp3) is 0.200. The van der Waals surface area contributed by atoms with Crippen LogP contribution in [0.2, 0.25) is 0 Å².